The van der Waals surface area contributed by atoms with Crippen LogP contribution in [0.1, 0.15) is 56.0 Å². The monoisotopic (exact) mass is 584 g/mol. The van der Waals surface area contributed by atoms with Crippen LogP contribution in [0.3, 0.4) is 0 Å². The summed E-state index contributed by atoms with van der Waals surface area (Å²) >= 11 is 0. The number of pyridine rings is 1. The van der Waals surface area contributed by atoms with Gasteiger partial charge in [-0.2, -0.15) is 0 Å². The SMILES string of the molecule is O=C(NC1CCC1)c1cc(C2=CN(c3ccc(C(=O)O)c(O)c3)NN2)nc(-c2cn(-c3ccc(C(=O)O)c(O)c3)nn2)c1. The number of aromatic carboxylic acids is 2. The largest absolute Gasteiger partial charge is 0.507 e. The lowest BCUT2D eigenvalue weighted by Gasteiger charge is -2.26. The first-order valence-electron chi connectivity index (χ1n) is 13.1. The number of hydrogen-bond acceptors (Lipinski definition) is 11. The van der Waals surface area contributed by atoms with Crippen LogP contribution in [0.4, 0.5) is 5.69 Å². The number of carboxylic acids is 2. The molecule has 15 nitrogen and oxygen atoms in total. The Labute approximate surface area is 242 Å². The van der Waals surface area contributed by atoms with E-state index in [0.717, 1.165) is 19.3 Å². The predicted octanol–water partition coefficient (Wildman–Crippen LogP) is 2.25. The van der Waals surface area contributed by atoms with Crippen molar-refractivity contribution in [3.05, 3.63) is 83.3 Å². The van der Waals surface area contributed by atoms with Gasteiger partial charge in [-0.1, -0.05) is 5.21 Å². The molecule has 2 aliphatic rings. The van der Waals surface area contributed by atoms with Crippen molar-refractivity contribution in [1.82, 2.24) is 36.3 Å². The summed E-state index contributed by atoms with van der Waals surface area (Å²) in [4.78, 5) is 40.3. The molecule has 1 aliphatic heterocycles. The molecule has 15 heteroatoms. The Kier molecular flexibility index (Phi) is 6.83. The van der Waals surface area contributed by atoms with Crippen molar-refractivity contribution < 1.29 is 34.8 Å². The summed E-state index contributed by atoms with van der Waals surface area (Å²) in [6, 6.07) is 11.3. The number of phenols is 2. The number of hydrogen-bond donors (Lipinski definition) is 7. The molecule has 2 aromatic carbocycles. The average Bonchev–Trinajstić information content (AvgIpc) is 3.65. The number of nitrogens with one attached hydrogen (secondary N) is 3. The maximum atomic E-state index is 13.2. The van der Waals surface area contributed by atoms with Gasteiger partial charge in [-0.05, 0) is 55.7 Å². The third-order valence-corrected chi connectivity index (χ3v) is 7.10. The minimum absolute atomic E-state index is 0.0947. The number of aromatic hydroxyl groups is 2. The lowest BCUT2D eigenvalue weighted by Crippen LogP contribution is -2.39. The molecule has 1 amide bonds. The quantitative estimate of drug-likeness (QED) is 0.158. The molecule has 3 heterocycles. The topological polar surface area (TPSA) is 215 Å². The van der Waals surface area contributed by atoms with Crippen LogP contribution in [-0.2, 0) is 0 Å². The summed E-state index contributed by atoms with van der Waals surface area (Å²) in [5.74, 6) is -3.65. The van der Waals surface area contributed by atoms with E-state index in [1.807, 2.05) is 0 Å². The molecular weight excluding hydrogens is 560 g/mol. The number of anilines is 1. The number of amides is 1. The van der Waals surface area contributed by atoms with Gasteiger partial charge in [0.2, 0.25) is 0 Å². The van der Waals surface area contributed by atoms with Crippen molar-refractivity contribution in [2.45, 2.75) is 25.3 Å². The predicted molar refractivity (Wildman–Crippen MR) is 150 cm³/mol. The number of rotatable bonds is 8. The third kappa shape index (κ3) is 5.39. The van der Waals surface area contributed by atoms with Crippen molar-refractivity contribution >= 4 is 29.2 Å². The fraction of sp³-hybridized carbons (Fsp3) is 0.143. The minimum atomic E-state index is -1.27. The number of carbonyl (C=O) groups excluding carboxylic acids is 1. The van der Waals surface area contributed by atoms with Crippen LogP contribution >= 0.6 is 0 Å². The first-order valence-corrected chi connectivity index (χ1v) is 13.1. The molecule has 218 valence electrons. The first kappa shape index (κ1) is 27.2. The van der Waals surface area contributed by atoms with Gasteiger partial charge in [0.15, 0.2) is 0 Å². The van der Waals surface area contributed by atoms with Crippen LogP contribution in [0.25, 0.3) is 22.8 Å². The molecule has 0 radical (unpaired) electrons. The number of carbonyl (C=O) groups is 3. The Morgan fingerprint density at radius 2 is 1.51 bits per heavy atom. The van der Waals surface area contributed by atoms with E-state index >= 15 is 0 Å². The van der Waals surface area contributed by atoms with Crippen molar-refractivity contribution in [2.24, 2.45) is 0 Å². The summed E-state index contributed by atoms with van der Waals surface area (Å²) in [6.45, 7) is 0. The second-order valence-corrected chi connectivity index (χ2v) is 9.94. The number of nitrogens with zero attached hydrogens (tertiary/aromatic N) is 5. The highest BCUT2D eigenvalue weighted by Crippen LogP contribution is 2.29. The maximum absolute atomic E-state index is 13.2. The molecule has 0 atom stereocenters. The van der Waals surface area contributed by atoms with Crippen LogP contribution in [0, 0.1) is 0 Å². The zero-order valence-corrected chi connectivity index (χ0v) is 22.2. The van der Waals surface area contributed by atoms with Gasteiger partial charge in [0.25, 0.3) is 5.91 Å². The van der Waals surface area contributed by atoms with E-state index in [1.165, 1.54) is 52.3 Å². The Morgan fingerprint density at radius 3 is 2.14 bits per heavy atom. The molecule has 1 saturated carbocycles. The maximum Gasteiger partial charge on any atom is 0.339 e. The fourth-order valence-electron chi connectivity index (χ4n) is 4.54. The average molecular weight is 585 g/mol. The van der Waals surface area contributed by atoms with E-state index in [9.17, 15) is 34.8 Å². The highest BCUT2D eigenvalue weighted by atomic mass is 16.4. The van der Waals surface area contributed by atoms with Gasteiger partial charge in [0, 0.05) is 23.7 Å². The normalized spacial score (nSPS) is 14.5. The summed E-state index contributed by atoms with van der Waals surface area (Å²) < 4.78 is 1.34. The number of aromatic nitrogens is 4. The molecular formula is C28H24N8O7. The van der Waals surface area contributed by atoms with Gasteiger partial charge in [0.1, 0.15) is 28.3 Å². The Bertz CT molecular complexity index is 1810. The van der Waals surface area contributed by atoms with Crippen molar-refractivity contribution in [1.29, 1.82) is 0 Å². The molecule has 1 aliphatic carbocycles. The molecule has 0 bridgehead atoms. The van der Waals surface area contributed by atoms with Gasteiger partial charge in [-0.25, -0.2) is 19.3 Å². The third-order valence-electron chi connectivity index (χ3n) is 7.10. The highest BCUT2D eigenvalue weighted by Gasteiger charge is 2.24. The van der Waals surface area contributed by atoms with Crippen LogP contribution in [0.5, 0.6) is 11.5 Å². The summed E-state index contributed by atoms with van der Waals surface area (Å²) in [7, 11) is 0. The summed E-state index contributed by atoms with van der Waals surface area (Å²) in [5, 5.41) is 51.4. The molecule has 0 unspecified atom stereocenters. The number of carboxylic acid groups (broad SMARTS) is 2. The number of hydrazine groups is 2. The van der Waals surface area contributed by atoms with Crippen molar-refractivity contribution in [3.63, 3.8) is 0 Å². The lowest BCUT2D eigenvalue weighted by molar-refractivity contribution is 0.0682. The van der Waals surface area contributed by atoms with E-state index in [4.69, 9.17) is 0 Å². The van der Waals surface area contributed by atoms with Gasteiger partial charge in [-0.3, -0.25) is 15.2 Å². The van der Waals surface area contributed by atoms with E-state index < -0.39 is 23.4 Å². The van der Waals surface area contributed by atoms with Gasteiger partial charge in [0.05, 0.1) is 40.9 Å². The van der Waals surface area contributed by atoms with E-state index in [1.54, 1.807) is 18.3 Å². The molecule has 43 heavy (non-hydrogen) atoms. The molecule has 7 N–H and O–H groups in total. The van der Waals surface area contributed by atoms with Crippen LogP contribution in [0.2, 0.25) is 0 Å². The highest BCUT2D eigenvalue weighted by molar-refractivity contribution is 5.96. The Balaban J connectivity index is 1.34. The Morgan fingerprint density at radius 1 is 0.860 bits per heavy atom. The van der Waals surface area contributed by atoms with Crippen LogP contribution < -0.4 is 21.3 Å². The summed E-state index contributed by atoms with van der Waals surface area (Å²) in [6.07, 6.45) is 6.00. The molecule has 1 fully saturated rings. The zero-order chi connectivity index (χ0) is 30.2. The lowest BCUT2D eigenvalue weighted by atomic mass is 9.93. The molecule has 0 spiro atoms. The van der Waals surface area contributed by atoms with Crippen molar-refractivity contribution in [2.75, 3.05) is 5.01 Å². The molecule has 0 saturated heterocycles. The standard InChI is InChI=1S/C28H24N8O7/c37-24-10-16(4-6-18(24)27(40)41)35-12-22(31-33-35)20-8-14(26(39)29-15-2-1-3-15)9-21(30-20)23-13-36(34-32-23)17-5-7-19(28(42)43)25(38)11-17/h4-13,15,31,33,37-38H,1-3H2,(H,29,39)(H,40,41)(H,42,43). The molecule has 6 rings (SSSR count). The Hall–Kier alpha value is -5.96. The van der Waals surface area contributed by atoms with Crippen LogP contribution in [0.15, 0.2) is 60.9 Å². The van der Waals surface area contributed by atoms with Gasteiger partial charge >= 0.3 is 11.9 Å². The second-order valence-electron chi connectivity index (χ2n) is 9.94. The minimum Gasteiger partial charge on any atom is -0.507 e. The van der Waals surface area contributed by atoms with Gasteiger partial charge < -0.3 is 25.7 Å². The first-order chi connectivity index (χ1) is 20.7. The number of benzene rings is 2. The fourth-order valence-corrected chi connectivity index (χ4v) is 4.54. The van der Waals surface area contributed by atoms with E-state index in [2.05, 4.69) is 31.6 Å². The molecule has 2 aromatic heterocycles. The smallest absolute Gasteiger partial charge is 0.339 e. The van der Waals surface area contributed by atoms with E-state index in [0.29, 0.717) is 39.7 Å². The zero-order valence-electron chi connectivity index (χ0n) is 22.2. The van der Waals surface area contributed by atoms with E-state index in [-0.39, 0.29) is 23.1 Å². The second kappa shape index (κ2) is 10.8. The van der Waals surface area contributed by atoms with Crippen molar-refractivity contribution in [3.8, 4) is 28.6 Å². The molecule has 4 aromatic rings. The van der Waals surface area contributed by atoms with Crippen LogP contribution in [-0.4, -0.2) is 64.3 Å². The van der Waals surface area contributed by atoms with Gasteiger partial charge in [-0.15, -0.1) is 10.6 Å². The summed E-state index contributed by atoms with van der Waals surface area (Å²) in [5.41, 5.74) is 7.94.